The van der Waals surface area contributed by atoms with Crippen molar-refractivity contribution in [1.29, 1.82) is 0 Å². The Morgan fingerprint density at radius 3 is 3.04 bits per heavy atom. The van der Waals surface area contributed by atoms with Crippen molar-refractivity contribution < 1.29 is 14.3 Å². The van der Waals surface area contributed by atoms with E-state index >= 15 is 0 Å². The Kier molecular flexibility index (Phi) is 4.01. The summed E-state index contributed by atoms with van der Waals surface area (Å²) in [5, 5.41) is 9.48. The van der Waals surface area contributed by atoms with E-state index in [9.17, 15) is 4.79 Å². The van der Waals surface area contributed by atoms with Crippen LogP contribution in [0.5, 0.6) is 11.6 Å². The molecule has 3 aromatic rings. The molecule has 0 aliphatic carbocycles. The minimum absolute atomic E-state index is 0.190. The van der Waals surface area contributed by atoms with E-state index < -0.39 is 0 Å². The summed E-state index contributed by atoms with van der Waals surface area (Å²) in [4.78, 5) is 12.3. The van der Waals surface area contributed by atoms with Crippen molar-refractivity contribution in [3.63, 3.8) is 0 Å². The van der Waals surface area contributed by atoms with Gasteiger partial charge in [0, 0.05) is 18.2 Å². The second-order valence-electron chi connectivity index (χ2n) is 5.91. The number of nitrogens with zero attached hydrogens (tertiary/aromatic N) is 2. The molecule has 0 spiro atoms. The Bertz CT molecular complexity index is 911. The van der Waals surface area contributed by atoms with Crippen molar-refractivity contribution in [3.8, 4) is 11.6 Å². The molecule has 0 fully saturated rings. The average molecular weight is 337 g/mol. The van der Waals surface area contributed by atoms with Gasteiger partial charge in [-0.15, -0.1) is 0 Å². The van der Waals surface area contributed by atoms with Crippen LogP contribution in [0.2, 0.25) is 0 Å². The molecule has 2 heterocycles. The second-order valence-corrected chi connectivity index (χ2v) is 5.91. The first-order valence-corrected chi connectivity index (χ1v) is 8.30. The number of carbonyl (C=O) groups is 1. The molecular formula is C19H19N3O3. The van der Waals surface area contributed by atoms with Gasteiger partial charge in [0.25, 0.3) is 5.91 Å². The van der Waals surface area contributed by atoms with Crippen molar-refractivity contribution in [2.24, 2.45) is 0 Å². The topological polar surface area (TPSA) is 65.4 Å². The molecule has 1 aliphatic rings. The summed E-state index contributed by atoms with van der Waals surface area (Å²) >= 11 is 0. The van der Waals surface area contributed by atoms with Crippen LogP contribution in [0.15, 0.2) is 42.5 Å². The lowest BCUT2D eigenvalue weighted by molar-refractivity contribution is 0.0948. The van der Waals surface area contributed by atoms with Gasteiger partial charge < -0.3 is 14.8 Å². The maximum Gasteiger partial charge on any atom is 0.271 e. The first-order chi connectivity index (χ1) is 12.3. The molecular weight excluding hydrogens is 318 g/mol. The zero-order valence-corrected chi connectivity index (χ0v) is 14.0. The number of benzene rings is 2. The van der Waals surface area contributed by atoms with E-state index in [-0.39, 0.29) is 5.91 Å². The quantitative estimate of drug-likeness (QED) is 0.776. The lowest BCUT2D eigenvalue weighted by atomic mass is 10.0. The Morgan fingerprint density at radius 1 is 1.32 bits per heavy atom. The molecule has 128 valence electrons. The Morgan fingerprint density at radius 2 is 2.20 bits per heavy atom. The predicted molar refractivity (Wildman–Crippen MR) is 94.3 cm³/mol. The highest BCUT2D eigenvalue weighted by atomic mass is 16.5. The second kappa shape index (κ2) is 6.47. The number of hydrogen-bond acceptors (Lipinski definition) is 4. The third kappa shape index (κ3) is 2.91. The molecule has 0 bridgehead atoms. The molecule has 6 heteroatoms. The molecule has 1 N–H and O–H groups in total. The molecule has 6 nitrogen and oxygen atoms in total. The first-order valence-electron chi connectivity index (χ1n) is 8.30. The highest BCUT2D eigenvalue weighted by Crippen LogP contribution is 2.28. The zero-order valence-electron chi connectivity index (χ0n) is 14.0. The monoisotopic (exact) mass is 337 g/mol. The third-order valence-corrected chi connectivity index (χ3v) is 4.41. The molecule has 0 saturated heterocycles. The van der Waals surface area contributed by atoms with Crippen LogP contribution in [-0.4, -0.2) is 35.9 Å². The van der Waals surface area contributed by atoms with Crippen LogP contribution in [0.4, 0.5) is 0 Å². The molecule has 0 saturated carbocycles. The van der Waals surface area contributed by atoms with Gasteiger partial charge >= 0.3 is 0 Å². The van der Waals surface area contributed by atoms with Crippen molar-refractivity contribution in [2.45, 2.75) is 13.0 Å². The van der Waals surface area contributed by atoms with Crippen LogP contribution >= 0.6 is 0 Å². The summed E-state index contributed by atoms with van der Waals surface area (Å²) in [7, 11) is 1.67. The van der Waals surface area contributed by atoms with E-state index in [1.165, 1.54) is 0 Å². The Balaban J connectivity index is 1.47. The van der Waals surface area contributed by atoms with Crippen molar-refractivity contribution in [2.75, 3.05) is 20.3 Å². The molecule has 1 aliphatic heterocycles. The number of methoxy groups -OCH3 is 1. The summed E-state index contributed by atoms with van der Waals surface area (Å²) < 4.78 is 12.6. The van der Waals surface area contributed by atoms with Gasteiger partial charge in [-0.1, -0.05) is 30.3 Å². The standard InChI is InChI=1S/C19H19N3O3/c1-24-17-7-6-13-4-2-3-5-14(13)15(17)8-9-20-19(23)16-12-18-22(21-16)10-11-25-18/h2-7,12H,8-11H2,1H3,(H,20,23). The predicted octanol–water partition coefficient (Wildman–Crippen LogP) is 2.41. The fourth-order valence-electron chi connectivity index (χ4n) is 3.18. The van der Waals surface area contributed by atoms with E-state index in [1.54, 1.807) is 17.9 Å². The summed E-state index contributed by atoms with van der Waals surface area (Å²) in [6.07, 6.45) is 0.681. The largest absolute Gasteiger partial charge is 0.496 e. The number of carbonyl (C=O) groups excluding carboxylic acids is 1. The maximum atomic E-state index is 12.3. The first kappa shape index (κ1) is 15.5. The number of aromatic nitrogens is 2. The molecule has 0 radical (unpaired) electrons. The third-order valence-electron chi connectivity index (χ3n) is 4.41. The smallest absolute Gasteiger partial charge is 0.271 e. The SMILES string of the molecule is COc1ccc2ccccc2c1CCNC(=O)c1cc2n(n1)CCO2. The lowest BCUT2D eigenvalue weighted by Gasteiger charge is -2.12. The van der Waals surface area contributed by atoms with E-state index in [0.29, 0.717) is 37.7 Å². The average Bonchev–Trinajstić information content (AvgIpc) is 3.23. The fourth-order valence-corrected chi connectivity index (χ4v) is 3.18. The van der Waals surface area contributed by atoms with Crippen LogP contribution in [0.3, 0.4) is 0 Å². The molecule has 0 unspecified atom stereocenters. The van der Waals surface area contributed by atoms with Gasteiger partial charge in [-0.3, -0.25) is 4.79 Å². The van der Waals surface area contributed by atoms with Crippen LogP contribution in [0.25, 0.3) is 10.8 Å². The van der Waals surface area contributed by atoms with Gasteiger partial charge in [0.2, 0.25) is 5.88 Å². The maximum absolute atomic E-state index is 12.3. The van der Waals surface area contributed by atoms with Crippen molar-refractivity contribution in [3.05, 3.63) is 53.7 Å². The summed E-state index contributed by atoms with van der Waals surface area (Å²) in [6.45, 7) is 1.81. The van der Waals surface area contributed by atoms with Gasteiger partial charge in [0.1, 0.15) is 12.4 Å². The van der Waals surface area contributed by atoms with Crippen LogP contribution < -0.4 is 14.8 Å². The summed E-state index contributed by atoms with van der Waals surface area (Å²) in [5.41, 5.74) is 1.48. The number of hydrogen-bond donors (Lipinski definition) is 1. The summed E-state index contributed by atoms with van der Waals surface area (Å²) in [5.74, 6) is 1.30. The van der Waals surface area contributed by atoms with Crippen LogP contribution in [0, 0.1) is 0 Å². The number of nitrogens with one attached hydrogen (secondary N) is 1. The Labute approximate surface area is 145 Å². The molecule has 25 heavy (non-hydrogen) atoms. The highest BCUT2D eigenvalue weighted by molar-refractivity contribution is 5.92. The molecule has 1 amide bonds. The minimum atomic E-state index is -0.190. The number of ether oxygens (including phenoxy) is 2. The Hall–Kier alpha value is -3.02. The van der Waals surface area contributed by atoms with Crippen molar-refractivity contribution in [1.82, 2.24) is 15.1 Å². The van der Waals surface area contributed by atoms with E-state index in [0.717, 1.165) is 22.1 Å². The minimum Gasteiger partial charge on any atom is -0.496 e. The molecule has 4 rings (SSSR count). The number of rotatable bonds is 5. The van der Waals surface area contributed by atoms with Crippen LogP contribution in [0.1, 0.15) is 16.1 Å². The van der Waals surface area contributed by atoms with Gasteiger partial charge in [0.15, 0.2) is 5.69 Å². The van der Waals surface area contributed by atoms with Crippen molar-refractivity contribution >= 4 is 16.7 Å². The highest BCUT2D eigenvalue weighted by Gasteiger charge is 2.19. The van der Waals surface area contributed by atoms with E-state index in [2.05, 4.69) is 22.5 Å². The zero-order chi connectivity index (χ0) is 17.2. The fraction of sp³-hybridized carbons (Fsp3) is 0.263. The van der Waals surface area contributed by atoms with E-state index in [1.807, 2.05) is 24.3 Å². The number of amides is 1. The van der Waals surface area contributed by atoms with Gasteiger partial charge in [0.05, 0.1) is 13.7 Å². The van der Waals surface area contributed by atoms with Gasteiger partial charge in [-0.25, -0.2) is 4.68 Å². The lowest BCUT2D eigenvalue weighted by Crippen LogP contribution is -2.26. The van der Waals surface area contributed by atoms with E-state index in [4.69, 9.17) is 9.47 Å². The molecule has 2 aromatic carbocycles. The van der Waals surface area contributed by atoms with Gasteiger partial charge in [-0.05, 0) is 23.3 Å². The van der Waals surface area contributed by atoms with Gasteiger partial charge in [-0.2, -0.15) is 5.10 Å². The molecule has 0 atom stereocenters. The molecule has 1 aromatic heterocycles. The summed E-state index contributed by atoms with van der Waals surface area (Å²) in [6, 6.07) is 13.9. The van der Waals surface area contributed by atoms with Crippen LogP contribution in [-0.2, 0) is 13.0 Å². The normalized spacial score (nSPS) is 12.7. The number of fused-ring (bicyclic) bond motifs is 2.